The Bertz CT molecular complexity index is 750. The van der Waals surface area contributed by atoms with Gasteiger partial charge in [-0.15, -0.1) is 10.2 Å². The van der Waals surface area contributed by atoms with E-state index in [0.29, 0.717) is 13.2 Å². The lowest BCUT2D eigenvalue weighted by Crippen LogP contribution is -2.25. The molecule has 1 aliphatic heterocycles. The maximum atomic E-state index is 6.07. The van der Waals surface area contributed by atoms with Crippen LogP contribution in [-0.2, 0) is 15.9 Å². The number of benzene rings is 1. The topological polar surface area (TPSA) is 53.5 Å². The zero-order chi connectivity index (χ0) is 19.4. The van der Waals surface area contributed by atoms with Gasteiger partial charge in [-0.2, -0.15) is 0 Å². The van der Waals surface area contributed by atoms with E-state index >= 15 is 0 Å². The highest BCUT2D eigenvalue weighted by Gasteiger charge is 2.33. The van der Waals surface area contributed by atoms with Crippen LogP contribution >= 0.6 is 11.3 Å². The molecular weight excluding hydrogens is 360 g/mol. The Kier molecular flexibility index (Phi) is 6.50. The Morgan fingerprint density at radius 2 is 1.93 bits per heavy atom. The second-order valence-corrected chi connectivity index (χ2v) is 8.72. The third kappa shape index (κ3) is 5.27. The molecule has 148 valence electrons. The molecule has 0 saturated carbocycles. The van der Waals surface area contributed by atoms with Gasteiger partial charge in [0.15, 0.2) is 5.79 Å². The van der Waals surface area contributed by atoms with Crippen molar-refractivity contribution in [1.82, 2.24) is 10.2 Å². The number of aromatic nitrogens is 2. The van der Waals surface area contributed by atoms with E-state index in [1.54, 1.807) is 11.3 Å². The Balaban J connectivity index is 1.66. The number of aryl methyl sites for hydroxylation is 3. The minimum atomic E-state index is -0.519. The standard InChI is InChI=1S/C21H30N2O3S/c1-6-7-8-9-18-22-23-20(27-18)16-10-14(2)19(15(3)11-16)24-12-17-13-25-21(4,5)26-17/h10-11,17H,6-9,12-13H2,1-5H3/t17-/m0/s1. The van der Waals surface area contributed by atoms with Gasteiger partial charge in [0.25, 0.3) is 0 Å². The van der Waals surface area contributed by atoms with E-state index in [1.807, 2.05) is 13.8 Å². The van der Waals surface area contributed by atoms with E-state index in [0.717, 1.165) is 38.9 Å². The first-order valence-corrected chi connectivity index (χ1v) is 10.6. The van der Waals surface area contributed by atoms with Crippen LogP contribution in [0.2, 0.25) is 0 Å². The first-order chi connectivity index (χ1) is 12.9. The lowest BCUT2D eigenvalue weighted by Gasteiger charge is -2.18. The van der Waals surface area contributed by atoms with E-state index in [-0.39, 0.29) is 6.10 Å². The van der Waals surface area contributed by atoms with Gasteiger partial charge in [-0.3, -0.25) is 0 Å². The second kappa shape index (κ2) is 8.67. The van der Waals surface area contributed by atoms with Crippen molar-refractivity contribution in [3.8, 4) is 16.3 Å². The van der Waals surface area contributed by atoms with Crippen LogP contribution in [0.1, 0.15) is 56.2 Å². The van der Waals surface area contributed by atoms with Gasteiger partial charge in [-0.25, -0.2) is 0 Å². The molecule has 1 aromatic heterocycles. The smallest absolute Gasteiger partial charge is 0.163 e. The Morgan fingerprint density at radius 3 is 2.56 bits per heavy atom. The fourth-order valence-corrected chi connectivity index (χ4v) is 4.19. The normalized spacial score (nSPS) is 18.8. The summed E-state index contributed by atoms with van der Waals surface area (Å²) in [5.74, 6) is 0.397. The molecule has 0 spiro atoms. The van der Waals surface area contributed by atoms with Crippen LogP contribution in [-0.4, -0.2) is 35.3 Å². The fraction of sp³-hybridized carbons (Fsp3) is 0.619. The molecule has 3 rings (SSSR count). The molecule has 5 nitrogen and oxygen atoms in total. The molecular formula is C21H30N2O3S. The summed E-state index contributed by atoms with van der Waals surface area (Å²) in [4.78, 5) is 0. The highest BCUT2D eigenvalue weighted by Crippen LogP contribution is 2.32. The summed E-state index contributed by atoms with van der Waals surface area (Å²) in [5, 5.41) is 10.8. The molecule has 1 fully saturated rings. The van der Waals surface area contributed by atoms with Gasteiger partial charge >= 0.3 is 0 Å². The quantitative estimate of drug-likeness (QED) is 0.588. The summed E-state index contributed by atoms with van der Waals surface area (Å²) in [7, 11) is 0. The molecule has 0 amide bonds. The van der Waals surface area contributed by atoms with Gasteiger partial charge in [-0.05, 0) is 57.4 Å². The third-order valence-corrected chi connectivity index (χ3v) is 5.68. The minimum absolute atomic E-state index is 0.0349. The number of nitrogens with zero attached hydrogens (tertiary/aromatic N) is 2. The second-order valence-electron chi connectivity index (χ2n) is 7.66. The van der Waals surface area contributed by atoms with Crippen LogP contribution in [0.15, 0.2) is 12.1 Å². The molecule has 1 saturated heterocycles. The van der Waals surface area contributed by atoms with Gasteiger partial charge in [0, 0.05) is 12.0 Å². The molecule has 27 heavy (non-hydrogen) atoms. The first kappa shape index (κ1) is 20.2. The molecule has 6 heteroatoms. The maximum absolute atomic E-state index is 6.07. The summed E-state index contributed by atoms with van der Waals surface area (Å²) in [5.41, 5.74) is 3.31. The summed E-state index contributed by atoms with van der Waals surface area (Å²) in [6, 6.07) is 4.27. The molecule has 0 aliphatic carbocycles. The Morgan fingerprint density at radius 1 is 1.19 bits per heavy atom. The molecule has 0 radical (unpaired) electrons. The number of hydrogen-bond acceptors (Lipinski definition) is 6. The molecule has 2 aromatic rings. The van der Waals surface area contributed by atoms with E-state index < -0.39 is 5.79 Å². The predicted octanol–water partition coefficient (Wildman–Crippen LogP) is 5.08. The summed E-state index contributed by atoms with van der Waals surface area (Å²) >= 11 is 1.69. The molecule has 1 aromatic carbocycles. The van der Waals surface area contributed by atoms with E-state index in [2.05, 4.69) is 43.1 Å². The fourth-order valence-electron chi connectivity index (χ4n) is 3.32. The summed E-state index contributed by atoms with van der Waals surface area (Å²) < 4.78 is 17.5. The van der Waals surface area contributed by atoms with Crippen molar-refractivity contribution < 1.29 is 14.2 Å². The van der Waals surface area contributed by atoms with Crippen LogP contribution < -0.4 is 4.74 Å². The van der Waals surface area contributed by atoms with Crippen LogP contribution in [0.25, 0.3) is 10.6 Å². The molecule has 1 atom stereocenters. The van der Waals surface area contributed by atoms with Crippen molar-refractivity contribution in [3.63, 3.8) is 0 Å². The zero-order valence-electron chi connectivity index (χ0n) is 17.0. The van der Waals surface area contributed by atoms with Crippen LogP contribution in [0.4, 0.5) is 0 Å². The molecule has 0 unspecified atom stereocenters. The lowest BCUT2D eigenvalue weighted by atomic mass is 10.1. The maximum Gasteiger partial charge on any atom is 0.163 e. The van der Waals surface area contributed by atoms with E-state index in [1.165, 1.54) is 19.3 Å². The SMILES string of the molecule is CCCCCc1nnc(-c2cc(C)c(OC[C@H]3COC(C)(C)O3)c(C)c2)s1. The van der Waals surface area contributed by atoms with Crippen molar-refractivity contribution in [2.24, 2.45) is 0 Å². The largest absolute Gasteiger partial charge is 0.490 e. The van der Waals surface area contributed by atoms with Crippen LogP contribution in [0.3, 0.4) is 0 Å². The highest BCUT2D eigenvalue weighted by atomic mass is 32.1. The van der Waals surface area contributed by atoms with Gasteiger partial charge in [0.1, 0.15) is 28.5 Å². The lowest BCUT2D eigenvalue weighted by molar-refractivity contribution is -0.141. The van der Waals surface area contributed by atoms with Gasteiger partial charge in [0.05, 0.1) is 6.61 Å². The summed E-state index contributed by atoms with van der Waals surface area (Å²) in [6.07, 6.45) is 4.63. The van der Waals surface area contributed by atoms with E-state index in [4.69, 9.17) is 14.2 Å². The van der Waals surface area contributed by atoms with Gasteiger partial charge < -0.3 is 14.2 Å². The van der Waals surface area contributed by atoms with Crippen molar-refractivity contribution in [3.05, 3.63) is 28.3 Å². The van der Waals surface area contributed by atoms with Gasteiger partial charge in [0.2, 0.25) is 0 Å². The Hall–Kier alpha value is -1.50. The predicted molar refractivity (Wildman–Crippen MR) is 108 cm³/mol. The monoisotopic (exact) mass is 390 g/mol. The first-order valence-electron chi connectivity index (χ1n) is 9.76. The molecule has 0 N–H and O–H groups in total. The minimum Gasteiger partial charge on any atom is -0.490 e. The van der Waals surface area contributed by atoms with Crippen molar-refractivity contribution in [2.45, 2.75) is 72.2 Å². The van der Waals surface area contributed by atoms with Gasteiger partial charge in [-0.1, -0.05) is 31.1 Å². The average Bonchev–Trinajstić information content (AvgIpc) is 3.20. The average molecular weight is 391 g/mol. The summed E-state index contributed by atoms with van der Waals surface area (Å²) in [6.45, 7) is 11.3. The van der Waals surface area contributed by atoms with Crippen molar-refractivity contribution in [1.29, 1.82) is 0 Å². The number of hydrogen-bond donors (Lipinski definition) is 0. The molecule has 2 heterocycles. The molecule has 1 aliphatic rings. The van der Waals surface area contributed by atoms with Crippen LogP contribution in [0.5, 0.6) is 5.75 Å². The Labute approximate surface area is 166 Å². The third-order valence-electron chi connectivity index (χ3n) is 4.65. The zero-order valence-corrected chi connectivity index (χ0v) is 17.8. The number of unbranched alkanes of at least 4 members (excludes halogenated alkanes) is 2. The highest BCUT2D eigenvalue weighted by molar-refractivity contribution is 7.14. The number of rotatable bonds is 8. The van der Waals surface area contributed by atoms with E-state index in [9.17, 15) is 0 Å². The molecule has 0 bridgehead atoms. The number of ether oxygens (including phenoxy) is 3. The van der Waals surface area contributed by atoms with Crippen LogP contribution in [0, 0.1) is 13.8 Å². The van der Waals surface area contributed by atoms with Crippen molar-refractivity contribution >= 4 is 11.3 Å². The van der Waals surface area contributed by atoms with Crippen molar-refractivity contribution in [2.75, 3.05) is 13.2 Å².